The zero-order chi connectivity index (χ0) is 25.9. The number of pyridine rings is 1. The largest absolute Gasteiger partial charge is 0.478 e. The standard InChI is InChI=1S/C29H30N2O5/c1-5-35-25-17-31-22(13-11-19(2)26(31)30-25)18-36-28(34)29(3,4)16-20-12-14-23(24(15-20)27(32)33)21-9-7-6-8-10-21/h6-15,17H,5,16,18H2,1-4H3,(H,32,33). The van der Waals surface area contributed by atoms with E-state index in [1.54, 1.807) is 32.2 Å². The molecule has 4 rings (SSSR count). The van der Waals surface area contributed by atoms with Crippen LogP contribution < -0.4 is 4.74 Å². The molecule has 0 fully saturated rings. The molecule has 36 heavy (non-hydrogen) atoms. The minimum Gasteiger partial charge on any atom is -0.478 e. The highest BCUT2D eigenvalue weighted by Crippen LogP contribution is 2.29. The van der Waals surface area contributed by atoms with Gasteiger partial charge in [-0.25, -0.2) is 4.79 Å². The Balaban J connectivity index is 1.51. The molecule has 2 aromatic carbocycles. The van der Waals surface area contributed by atoms with E-state index >= 15 is 0 Å². The number of benzene rings is 2. The maximum atomic E-state index is 13.1. The number of hydrogen-bond acceptors (Lipinski definition) is 5. The molecule has 2 heterocycles. The Labute approximate surface area is 210 Å². The van der Waals surface area contributed by atoms with Crippen LogP contribution in [-0.2, 0) is 22.6 Å². The van der Waals surface area contributed by atoms with Crippen LogP contribution >= 0.6 is 0 Å². The van der Waals surface area contributed by atoms with E-state index in [9.17, 15) is 14.7 Å². The highest BCUT2D eigenvalue weighted by atomic mass is 16.5. The van der Waals surface area contributed by atoms with E-state index in [-0.39, 0.29) is 18.1 Å². The Morgan fingerprint density at radius 1 is 1.06 bits per heavy atom. The molecular weight excluding hydrogens is 456 g/mol. The predicted octanol–water partition coefficient (Wildman–Crippen LogP) is 5.72. The van der Waals surface area contributed by atoms with Gasteiger partial charge in [-0.2, -0.15) is 4.98 Å². The average molecular weight is 487 g/mol. The van der Waals surface area contributed by atoms with Crippen LogP contribution in [0.15, 0.2) is 66.9 Å². The molecule has 0 unspecified atom stereocenters. The molecule has 4 aromatic rings. The number of nitrogens with zero attached hydrogens (tertiary/aromatic N) is 2. The van der Waals surface area contributed by atoms with Gasteiger partial charge in [-0.1, -0.05) is 48.5 Å². The molecule has 7 nitrogen and oxygen atoms in total. The molecule has 0 aliphatic heterocycles. The predicted molar refractivity (Wildman–Crippen MR) is 137 cm³/mol. The third-order valence-corrected chi connectivity index (χ3v) is 6.11. The minimum atomic E-state index is -1.01. The van der Waals surface area contributed by atoms with Gasteiger partial charge in [-0.15, -0.1) is 0 Å². The van der Waals surface area contributed by atoms with Crippen LogP contribution in [0, 0.1) is 12.3 Å². The van der Waals surface area contributed by atoms with E-state index < -0.39 is 11.4 Å². The lowest BCUT2D eigenvalue weighted by Crippen LogP contribution is -2.29. The van der Waals surface area contributed by atoms with E-state index in [1.165, 1.54) is 0 Å². The number of hydrogen-bond donors (Lipinski definition) is 1. The maximum Gasteiger partial charge on any atom is 0.336 e. The number of aryl methyl sites for hydroxylation is 1. The van der Waals surface area contributed by atoms with Crippen molar-refractivity contribution in [2.45, 2.75) is 40.7 Å². The summed E-state index contributed by atoms with van der Waals surface area (Å²) in [6, 6.07) is 18.5. The third-order valence-electron chi connectivity index (χ3n) is 6.11. The summed E-state index contributed by atoms with van der Waals surface area (Å²) in [5, 5.41) is 9.80. The molecule has 0 amide bonds. The summed E-state index contributed by atoms with van der Waals surface area (Å²) < 4.78 is 13.1. The van der Waals surface area contributed by atoms with Crippen LogP contribution in [0.3, 0.4) is 0 Å². The normalized spacial score (nSPS) is 11.4. The monoisotopic (exact) mass is 486 g/mol. The molecule has 0 atom stereocenters. The Kier molecular flexibility index (Phi) is 7.10. The summed E-state index contributed by atoms with van der Waals surface area (Å²) in [5.41, 5.74) is 4.09. The van der Waals surface area contributed by atoms with Crippen molar-refractivity contribution in [3.63, 3.8) is 0 Å². The van der Waals surface area contributed by atoms with Crippen LogP contribution in [0.2, 0.25) is 0 Å². The molecule has 0 saturated carbocycles. The summed E-state index contributed by atoms with van der Waals surface area (Å²) >= 11 is 0. The van der Waals surface area contributed by atoms with Crippen LogP contribution in [-0.4, -0.2) is 33.0 Å². The van der Waals surface area contributed by atoms with Crippen molar-refractivity contribution in [1.29, 1.82) is 0 Å². The van der Waals surface area contributed by atoms with Gasteiger partial charge in [0.05, 0.1) is 29.5 Å². The number of esters is 1. The number of rotatable bonds is 9. The third kappa shape index (κ3) is 5.25. The maximum absolute atomic E-state index is 13.1. The van der Waals surface area contributed by atoms with Gasteiger partial charge in [0.25, 0.3) is 0 Å². The molecular formula is C29H30N2O5. The fraction of sp³-hybridized carbons (Fsp3) is 0.276. The number of carboxylic acids is 1. The number of carboxylic acid groups (broad SMARTS) is 1. The number of aromatic nitrogens is 2. The highest BCUT2D eigenvalue weighted by Gasteiger charge is 2.30. The lowest BCUT2D eigenvalue weighted by molar-refractivity contribution is -0.155. The van der Waals surface area contributed by atoms with Crippen LogP contribution in [0.25, 0.3) is 16.8 Å². The summed E-state index contributed by atoms with van der Waals surface area (Å²) in [6.07, 6.45) is 2.13. The highest BCUT2D eigenvalue weighted by molar-refractivity contribution is 5.96. The van der Waals surface area contributed by atoms with Crippen molar-refractivity contribution in [3.8, 4) is 17.0 Å². The number of ether oxygens (including phenoxy) is 2. The number of fused-ring (bicyclic) bond motifs is 1. The number of imidazole rings is 1. The average Bonchev–Trinajstić information content (AvgIpc) is 3.29. The summed E-state index contributed by atoms with van der Waals surface area (Å²) in [5.74, 6) is -0.857. The van der Waals surface area contributed by atoms with Crippen LogP contribution in [0.4, 0.5) is 0 Å². The first-order chi connectivity index (χ1) is 17.2. The summed E-state index contributed by atoms with van der Waals surface area (Å²) in [6.45, 7) is 8.05. The first-order valence-corrected chi connectivity index (χ1v) is 11.9. The molecule has 0 bridgehead atoms. The smallest absolute Gasteiger partial charge is 0.336 e. The number of carbonyl (C=O) groups is 2. The molecule has 1 N–H and O–H groups in total. The van der Waals surface area contributed by atoms with Gasteiger partial charge in [-0.05, 0) is 68.5 Å². The molecule has 0 aliphatic rings. The Morgan fingerprint density at radius 3 is 2.50 bits per heavy atom. The number of aromatic carboxylic acids is 1. The first-order valence-electron chi connectivity index (χ1n) is 11.9. The van der Waals surface area contributed by atoms with Crippen molar-refractivity contribution < 1.29 is 24.2 Å². The van der Waals surface area contributed by atoms with Crippen molar-refractivity contribution in [1.82, 2.24) is 9.38 Å². The molecule has 7 heteroatoms. The minimum absolute atomic E-state index is 0.0777. The van der Waals surface area contributed by atoms with Gasteiger partial charge in [-0.3, -0.25) is 9.20 Å². The summed E-state index contributed by atoms with van der Waals surface area (Å²) in [7, 11) is 0. The van der Waals surface area contributed by atoms with Crippen molar-refractivity contribution in [2.75, 3.05) is 6.61 Å². The van der Waals surface area contributed by atoms with E-state index in [2.05, 4.69) is 4.98 Å². The molecule has 0 aliphatic carbocycles. The molecule has 0 radical (unpaired) electrons. The van der Waals surface area contributed by atoms with E-state index in [1.807, 2.05) is 66.8 Å². The van der Waals surface area contributed by atoms with Gasteiger partial charge in [0.15, 0.2) is 0 Å². The topological polar surface area (TPSA) is 90.1 Å². The van der Waals surface area contributed by atoms with Gasteiger partial charge < -0.3 is 14.6 Å². The second-order valence-corrected chi connectivity index (χ2v) is 9.40. The van der Waals surface area contributed by atoms with Crippen molar-refractivity contribution in [2.24, 2.45) is 5.41 Å². The number of carbonyl (C=O) groups excluding carboxylic acids is 1. The fourth-order valence-corrected chi connectivity index (χ4v) is 4.23. The lowest BCUT2D eigenvalue weighted by atomic mass is 9.84. The van der Waals surface area contributed by atoms with E-state index in [0.717, 1.165) is 28.0 Å². The second kappa shape index (κ2) is 10.2. The van der Waals surface area contributed by atoms with Gasteiger partial charge in [0, 0.05) is 0 Å². The van der Waals surface area contributed by atoms with Crippen LogP contribution in [0.1, 0.15) is 48.0 Å². The van der Waals surface area contributed by atoms with E-state index in [0.29, 0.717) is 24.5 Å². The Hall–Kier alpha value is -4.13. The SMILES string of the molecule is CCOc1cn2c(COC(=O)C(C)(C)Cc3ccc(-c4ccccc4)c(C(=O)O)c3)ccc(C)c2n1. The molecule has 0 spiro atoms. The molecule has 2 aromatic heterocycles. The van der Waals surface area contributed by atoms with Crippen LogP contribution in [0.5, 0.6) is 5.88 Å². The Morgan fingerprint density at radius 2 is 1.81 bits per heavy atom. The zero-order valence-corrected chi connectivity index (χ0v) is 20.9. The van der Waals surface area contributed by atoms with Gasteiger partial charge in [0.1, 0.15) is 12.3 Å². The fourth-order valence-electron chi connectivity index (χ4n) is 4.23. The molecule has 186 valence electrons. The van der Waals surface area contributed by atoms with E-state index in [4.69, 9.17) is 9.47 Å². The molecule has 0 saturated heterocycles. The zero-order valence-electron chi connectivity index (χ0n) is 20.9. The van der Waals surface area contributed by atoms with Crippen molar-refractivity contribution >= 4 is 17.6 Å². The van der Waals surface area contributed by atoms with Crippen molar-refractivity contribution in [3.05, 3.63) is 89.2 Å². The van der Waals surface area contributed by atoms with Gasteiger partial charge in [0.2, 0.25) is 5.88 Å². The summed E-state index contributed by atoms with van der Waals surface area (Å²) in [4.78, 5) is 29.5. The lowest BCUT2D eigenvalue weighted by Gasteiger charge is -2.23. The van der Waals surface area contributed by atoms with Gasteiger partial charge >= 0.3 is 11.9 Å². The first kappa shape index (κ1) is 25.0. The quantitative estimate of drug-likeness (QED) is 0.304. The second-order valence-electron chi connectivity index (χ2n) is 9.40. The Bertz CT molecular complexity index is 1410.